The Bertz CT molecular complexity index is 1690. The predicted octanol–water partition coefficient (Wildman–Crippen LogP) is 4.95. The summed E-state index contributed by atoms with van der Waals surface area (Å²) in [7, 11) is 0. The first-order chi connectivity index (χ1) is 18.3. The van der Waals surface area contributed by atoms with Crippen molar-refractivity contribution < 1.29 is 28.6 Å². The molecule has 2 atom stereocenters. The van der Waals surface area contributed by atoms with E-state index in [9.17, 15) is 19.8 Å². The lowest BCUT2D eigenvalue weighted by Crippen LogP contribution is -2.23. The summed E-state index contributed by atoms with van der Waals surface area (Å²) in [5.74, 6) is -2.34. The number of fused-ring (bicyclic) bond motifs is 2. The van der Waals surface area contributed by atoms with Gasteiger partial charge in [-0.3, -0.25) is 13.9 Å². The van der Waals surface area contributed by atoms with E-state index >= 15 is 4.39 Å². The third-order valence-electron chi connectivity index (χ3n) is 6.81. The molecule has 0 aliphatic heterocycles. The number of aliphatic hydroxyl groups excluding tert-OH is 1. The molecule has 10 heteroatoms. The lowest BCUT2D eigenvalue weighted by atomic mass is 9.88. The standard InChI is InChI=1S/C28H26FN3O6/c1-15(14-33)32-13-19(28(35)36)27(34)24-21(32)12-20(25(29)26(24)30)31-10-9-18(16-5-3-2-4-6-16)17-7-8-22-23(11-17)38-37-22/h2-8,11-13,15,18,31,33H,9-10,14,30H2,1H3,(H,35,36)/t15-,18?/m0/s1. The Balaban J connectivity index is 1.50. The fourth-order valence-corrected chi connectivity index (χ4v) is 4.74. The third-order valence-corrected chi connectivity index (χ3v) is 6.81. The van der Waals surface area contributed by atoms with Crippen molar-refractivity contribution in [3.8, 4) is 0 Å². The first-order valence-corrected chi connectivity index (χ1v) is 12.1. The highest BCUT2D eigenvalue weighted by molar-refractivity contribution is 5.99. The van der Waals surface area contributed by atoms with E-state index in [2.05, 4.69) is 5.32 Å². The lowest BCUT2D eigenvalue weighted by Gasteiger charge is -2.21. The van der Waals surface area contributed by atoms with E-state index in [4.69, 9.17) is 14.9 Å². The molecule has 0 spiro atoms. The van der Waals surface area contributed by atoms with E-state index in [0.717, 1.165) is 17.3 Å². The van der Waals surface area contributed by atoms with Gasteiger partial charge in [0.05, 0.1) is 34.9 Å². The van der Waals surface area contributed by atoms with Crippen molar-refractivity contribution in [2.45, 2.75) is 25.3 Å². The van der Waals surface area contributed by atoms with Crippen molar-refractivity contribution in [1.82, 2.24) is 4.57 Å². The van der Waals surface area contributed by atoms with E-state index in [1.165, 1.54) is 10.6 Å². The van der Waals surface area contributed by atoms with Crippen molar-refractivity contribution in [3.63, 3.8) is 0 Å². The van der Waals surface area contributed by atoms with Gasteiger partial charge in [-0.25, -0.2) is 9.18 Å². The van der Waals surface area contributed by atoms with Gasteiger partial charge in [-0.1, -0.05) is 36.4 Å². The molecule has 0 bridgehead atoms. The van der Waals surface area contributed by atoms with Gasteiger partial charge in [0, 0.05) is 18.7 Å². The number of aliphatic hydroxyl groups is 1. The zero-order chi connectivity index (χ0) is 27.0. The molecule has 0 aliphatic carbocycles. The van der Waals surface area contributed by atoms with E-state index in [-0.39, 0.29) is 29.1 Å². The van der Waals surface area contributed by atoms with E-state index in [0.29, 0.717) is 24.1 Å². The number of aromatic nitrogens is 1. The van der Waals surface area contributed by atoms with Gasteiger partial charge in [0.2, 0.25) is 16.6 Å². The number of hydrogen-bond donors (Lipinski definition) is 4. The molecule has 2 heterocycles. The molecule has 0 amide bonds. The van der Waals surface area contributed by atoms with Crippen LogP contribution in [0.2, 0.25) is 0 Å². The number of nitrogen functional groups attached to an aromatic ring is 1. The van der Waals surface area contributed by atoms with Crippen molar-refractivity contribution >= 4 is 39.4 Å². The number of carboxylic acids is 1. The second-order valence-corrected chi connectivity index (χ2v) is 9.21. The van der Waals surface area contributed by atoms with Crippen LogP contribution in [0.3, 0.4) is 0 Å². The van der Waals surface area contributed by atoms with E-state index < -0.39 is 34.5 Å². The molecule has 0 saturated heterocycles. The summed E-state index contributed by atoms with van der Waals surface area (Å²) >= 11 is 0. The summed E-state index contributed by atoms with van der Waals surface area (Å²) in [6.07, 6.45) is 1.73. The molecular weight excluding hydrogens is 493 g/mol. The van der Waals surface area contributed by atoms with Gasteiger partial charge >= 0.3 is 5.97 Å². The molecule has 0 aliphatic rings. The predicted molar refractivity (Wildman–Crippen MR) is 141 cm³/mol. The number of nitrogens with zero attached hydrogens (tertiary/aromatic N) is 1. The number of aromatic carboxylic acids is 1. The summed E-state index contributed by atoms with van der Waals surface area (Å²) in [4.78, 5) is 24.5. The molecule has 1 unspecified atom stereocenters. The molecule has 2 aromatic heterocycles. The fourth-order valence-electron chi connectivity index (χ4n) is 4.74. The lowest BCUT2D eigenvalue weighted by molar-refractivity contribution is 0.0588. The normalized spacial score (nSPS) is 13.1. The summed E-state index contributed by atoms with van der Waals surface area (Å²) in [6.45, 7) is 1.67. The maximum Gasteiger partial charge on any atom is 0.341 e. The molecule has 0 saturated carbocycles. The number of nitrogens with two attached hydrogens (primary N) is 1. The van der Waals surface area contributed by atoms with Crippen molar-refractivity contribution in [1.29, 1.82) is 0 Å². The number of benzene rings is 3. The molecule has 0 fully saturated rings. The number of carbonyl (C=O) groups is 1. The fraction of sp³-hybridized carbons (Fsp3) is 0.214. The van der Waals surface area contributed by atoms with Crippen LogP contribution in [0.5, 0.6) is 0 Å². The monoisotopic (exact) mass is 519 g/mol. The molecule has 5 aromatic rings. The first-order valence-electron chi connectivity index (χ1n) is 12.1. The number of halogens is 1. The van der Waals surface area contributed by atoms with Crippen LogP contribution in [0.15, 0.2) is 74.7 Å². The van der Waals surface area contributed by atoms with Gasteiger partial charge < -0.3 is 25.8 Å². The number of nitrogens with one attached hydrogen (secondary N) is 1. The van der Waals surface area contributed by atoms with Crippen LogP contribution >= 0.6 is 0 Å². The van der Waals surface area contributed by atoms with Gasteiger partial charge in [-0.2, -0.15) is 0 Å². The van der Waals surface area contributed by atoms with Gasteiger partial charge in [-0.15, -0.1) is 0 Å². The van der Waals surface area contributed by atoms with Crippen LogP contribution in [0, 0.1) is 5.82 Å². The number of hydrogen-bond acceptors (Lipinski definition) is 7. The Kier molecular flexibility index (Phi) is 6.64. The minimum atomic E-state index is -1.46. The van der Waals surface area contributed by atoms with Gasteiger partial charge in [0.15, 0.2) is 5.82 Å². The quantitative estimate of drug-likeness (QED) is 0.158. The zero-order valence-corrected chi connectivity index (χ0v) is 20.5. The van der Waals surface area contributed by atoms with Gasteiger partial charge in [-0.05, 0) is 42.7 Å². The van der Waals surface area contributed by atoms with Crippen molar-refractivity contribution in [2.75, 3.05) is 24.2 Å². The molecular formula is C28H26FN3O6. The summed E-state index contributed by atoms with van der Waals surface area (Å²) < 4.78 is 26.8. The van der Waals surface area contributed by atoms with Crippen LogP contribution < -0.4 is 16.5 Å². The Morgan fingerprint density at radius 2 is 1.84 bits per heavy atom. The van der Waals surface area contributed by atoms with Crippen LogP contribution in [0.25, 0.3) is 22.1 Å². The molecule has 196 valence electrons. The Morgan fingerprint density at radius 3 is 2.47 bits per heavy atom. The Hall–Kier alpha value is -4.57. The van der Waals surface area contributed by atoms with E-state index in [1.54, 1.807) is 6.92 Å². The highest BCUT2D eigenvalue weighted by Gasteiger charge is 2.23. The molecule has 9 nitrogen and oxygen atoms in total. The second kappa shape index (κ2) is 10.1. The highest BCUT2D eigenvalue weighted by atomic mass is 19.1. The van der Waals surface area contributed by atoms with Crippen molar-refractivity contribution in [3.05, 3.63) is 93.5 Å². The minimum Gasteiger partial charge on any atom is -0.477 e. The molecule has 5 rings (SSSR count). The Labute approximate surface area is 215 Å². The average molecular weight is 520 g/mol. The number of anilines is 2. The van der Waals surface area contributed by atoms with Crippen LogP contribution in [0.1, 0.15) is 46.8 Å². The van der Waals surface area contributed by atoms with E-state index in [1.807, 2.05) is 48.5 Å². The maximum absolute atomic E-state index is 15.4. The average Bonchev–Trinajstić information content (AvgIpc) is 2.90. The van der Waals surface area contributed by atoms with Crippen LogP contribution in [0.4, 0.5) is 15.8 Å². The van der Waals surface area contributed by atoms with Crippen LogP contribution in [-0.2, 0) is 0 Å². The number of carboxylic acid groups (broad SMARTS) is 1. The second-order valence-electron chi connectivity index (χ2n) is 9.21. The largest absolute Gasteiger partial charge is 0.477 e. The smallest absolute Gasteiger partial charge is 0.341 e. The number of pyridine rings is 1. The Morgan fingerprint density at radius 1 is 1.11 bits per heavy atom. The topological polar surface area (TPSA) is 144 Å². The first kappa shape index (κ1) is 25.1. The SMILES string of the molecule is C[C@@H](CO)n1cc(C(=O)O)c(=O)c2c(N)c(F)c(NCCC(c3ccccc3)c3ccc4ooc4c3)cc21. The number of rotatable bonds is 9. The van der Waals surface area contributed by atoms with Gasteiger partial charge in [0.25, 0.3) is 0 Å². The molecule has 5 N–H and O–H groups in total. The molecule has 0 radical (unpaired) electrons. The maximum atomic E-state index is 15.4. The van der Waals surface area contributed by atoms with Crippen molar-refractivity contribution in [2.24, 2.45) is 0 Å². The zero-order valence-electron chi connectivity index (χ0n) is 20.5. The molecule has 38 heavy (non-hydrogen) atoms. The summed E-state index contributed by atoms with van der Waals surface area (Å²) in [5, 5.41) is 22.0. The summed E-state index contributed by atoms with van der Waals surface area (Å²) in [6, 6.07) is 16.4. The van der Waals surface area contributed by atoms with Gasteiger partial charge in [0.1, 0.15) is 5.56 Å². The summed E-state index contributed by atoms with van der Waals surface area (Å²) in [5.41, 5.74) is 7.85. The third kappa shape index (κ3) is 4.39. The van der Waals surface area contributed by atoms with Crippen LogP contribution in [-0.4, -0.2) is 33.9 Å². The molecule has 3 aromatic carbocycles. The highest BCUT2D eigenvalue weighted by Crippen LogP contribution is 2.33. The minimum absolute atomic E-state index is 0.0372.